The van der Waals surface area contributed by atoms with Crippen molar-refractivity contribution in [2.24, 2.45) is 0 Å². The largest absolute Gasteiger partial charge is 0.480 e. The fraction of sp³-hybridized carbons (Fsp3) is 0.875. The van der Waals surface area contributed by atoms with E-state index in [4.69, 9.17) is 19.3 Å². The van der Waals surface area contributed by atoms with Gasteiger partial charge in [-0.15, -0.1) is 0 Å². The highest BCUT2D eigenvalue weighted by molar-refractivity contribution is 5.67. The summed E-state index contributed by atoms with van der Waals surface area (Å²) in [4.78, 5) is 10.2. The molecule has 0 rings (SSSR count). The van der Waals surface area contributed by atoms with Gasteiger partial charge in [0.25, 0.3) is 0 Å². The number of unbranched alkanes of at least 4 members (excludes halogenated alkanes) is 12. The van der Waals surface area contributed by atoms with E-state index in [2.05, 4.69) is 19.1 Å². The van der Waals surface area contributed by atoms with Gasteiger partial charge in [0.1, 0.15) is 6.61 Å². The molecule has 29 heavy (non-hydrogen) atoms. The molecular formula is C24H46O5. The second kappa shape index (κ2) is 25.1. The Balaban J connectivity index is 3.06. The molecule has 172 valence electrons. The summed E-state index contributed by atoms with van der Waals surface area (Å²) in [6, 6.07) is 0. The predicted octanol–water partition coefficient (Wildman–Crippen LogP) is 6.16. The van der Waals surface area contributed by atoms with Gasteiger partial charge in [-0.05, 0) is 32.1 Å². The summed E-state index contributed by atoms with van der Waals surface area (Å²) in [5, 5.41) is 8.40. The van der Waals surface area contributed by atoms with Crippen LogP contribution in [0, 0.1) is 0 Å². The van der Waals surface area contributed by atoms with E-state index >= 15 is 0 Å². The molecule has 5 heteroatoms. The number of rotatable bonds is 24. The molecule has 0 fully saturated rings. The molecule has 0 aromatic rings. The standard InChI is InChI=1S/C24H46O5/c1-2-3-4-5-6-7-8-9-10-11-12-13-14-15-16-17-18-27-19-20-28-21-22-29-23-24(25)26/h9-10H,2-8,11-23H2,1H3,(H,25,26). The SMILES string of the molecule is CCCCCCCCC=CCCCCCCCCOCCOCCOCC(=O)O. The van der Waals surface area contributed by atoms with Gasteiger partial charge >= 0.3 is 5.97 Å². The van der Waals surface area contributed by atoms with Gasteiger partial charge in [-0.1, -0.05) is 76.9 Å². The van der Waals surface area contributed by atoms with Crippen molar-refractivity contribution in [3.05, 3.63) is 12.2 Å². The van der Waals surface area contributed by atoms with E-state index in [0.717, 1.165) is 13.0 Å². The quantitative estimate of drug-likeness (QED) is 0.151. The molecular weight excluding hydrogens is 368 g/mol. The number of hydrogen-bond donors (Lipinski definition) is 1. The molecule has 0 aliphatic heterocycles. The minimum Gasteiger partial charge on any atom is -0.480 e. The third kappa shape index (κ3) is 27.1. The lowest BCUT2D eigenvalue weighted by atomic mass is 10.1. The first-order valence-corrected chi connectivity index (χ1v) is 11.9. The highest BCUT2D eigenvalue weighted by Crippen LogP contribution is 2.10. The number of carboxylic acids is 1. The maximum absolute atomic E-state index is 10.2. The van der Waals surface area contributed by atoms with Crippen LogP contribution >= 0.6 is 0 Å². The van der Waals surface area contributed by atoms with Crippen LogP contribution in [-0.2, 0) is 19.0 Å². The first kappa shape index (κ1) is 28.1. The Morgan fingerprint density at radius 1 is 0.621 bits per heavy atom. The maximum Gasteiger partial charge on any atom is 0.329 e. The summed E-state index contributed by atoms with van der Waals surface area (Å²) < 4.78 is 15.7. The monoisotopic (exact) mass is 414 g/mol. The zero-order chi connectivity index (χ0) is 21.3. The van der Waals surface area contributed by atoms with E-state index in [-0.39, 0.29) is 6.61 Å². The van der Waals surface area contributed by atoms with Gasteiger partial charge in [-0.2, -0.15) is 0 Å². The van der Waals surface area contributed by atoms with Gasteiger partial charge in [0.2, 0.25) is 0 Å². The highest BCUT2D eigenvalue weighted by Gasteiger charge is 1.96. The smallest absolute Gasteiger partial charge is 0.329 e. The first-order valence-electron chi connectivity index (χ1n) is 11.9. The van der Waals surface area contributed by atoms with Crippen molar-refractivity contribution in [3.63, 3.8) is 0 Å². The van der Waals surface area contributed by atoms with Gasteiger partial charge in [0, 0.05) is 6.61 Å². The number of carbonyl (C=O) groups is 1. The van der Waals surface area contributed by atoms with E-state index in [1.807, 2.05) is 0 Å². The molecule has 0 atom stereocenters. The molecule has 0 radical (unpaired) electrons. The summed E-state index contributed by atoms with van der Waals surface area (Å²) >= 11 is 0. The molecule has 0 amide bonds. The summed E-state index contributed by atoms with van der Waals surface area (Å²) in [6.45, 7) is 4.62. The first-order chi connectivity index (χ1) is 14.3. The summed E-state index contributed by atoms with van der Waals surface area (Å²) in [5.41, 5.74) is 0. The fourth-order valence-electron chi connectivity index (χ4n) is 3.05. The van der Waals surface area contributed by atoms with E-state index in [0.29, 0.717) is 26.4 Å². The predicted molar refractivity (Wildman–Crippen MR) is 120 cm³/mol. The topological polar surface area (TPSA) is 65.0 Å². The average molecular weight is 415 g/mol. The highest BCUT2D eigenvalue weighted by atomic mass is 16.5. The fourth-order valence-corrected chi connectivity index (χ4v) is 3.05. The number of allylic oxidation sites excluding steroid dienone is 2. The van der Waals surface area contributed by atoms with Crippen molar-refractivity contribution >= 4 is 5.97 Å². The zero-order valence-corrected chi connectivity index (χ0v) is 18.9. The third-order valence-corrected chi connectivity index (χ3v) is 4.77. The second-order valence-electron chi connectivity index (χ2n) is 7.61. The Morgan fingerprint density at radius 3 is 1.62 bits per heavy atom. The lowest BCUT2D eigenvalue weighted by Gasteiger charge is -2.06. The zero-order valence-electron chi connectivity index (χ0n) is 18.9. The van der Waals surface area contributed by atoms with E-state index in [9.17, 15) is 4.79 Å². The minimum absolute atomic E-state index is 0.268. The van der Waals surface area contributed by atoms with Crippen LogP contribution in [0.15, 0.2) is 12.2 Å². The molecule has 0 spiro atoms. The Labute approximate surface area is 179 Å². The lowest BCUT2D eigenvalue weighted by Crippen LogP contribution is -2.13. The van der Waals surface area contributed by atoms with Crippen LogP contribution in [0.3, 0.4) is 0 Å². The van der Waals surface area contributed by atoms with Crippen LogP contribution in [0.2, 0.25) is 0 Å². The molecule has 0 saturated heterocycles. The van der Waals surface area contributed by atoms with Crippen LogP contribution in [0.5, 0.6) is 0 Å². The van der Waals surface area contributed by atoms with Crippen LogP contribution in [0.4, 0.5) is 0 Å². The Hall–Kier alpha value is -0.910. The molecule has 5 nitrogen and oxygen atoms in total. The van der Waals surface area contributed by atoms with Crippen LogP contribution in [0.1, 0.15) is 96.8 Å². The molecule has 0 aromatic heterocycles. The maximum atomic E-state index is 10.2. The summed E-state index contributed by atoms with van der Waals surface area (Å²) in [6.07, 6.45) is 23.2. The number of carboxylic acid groups (broad SMARTS) is 1. The lowest BCUT2D eigenvalue weighted by molar-refractivity contribution is -0.142. The van der Waals surface area contributed by atoms with Gasteiger partial charge < -0.3 is 19.3 Å². The van der Waals surface area contributed by atoms with Crippen molar-refractivity contribution in [1.82, 2.24) is 0 Å². The Morgan fingerprint density at radius 2 is 1.07 bits per heavy atom. The van der Waals surface area contributed by atoms with Crippen molar-refractivity contribution in [2.75, 3.05) is 39.6 Å². The summed E-state index contributed by atoms with van der Waals surface area (Å²) in [5.74, 6) is -0.955. The molecule has 0 aliphatic carbocycles. The van der Waals surface area contributed by atoms with E-state index < -0.39 is 5.97 Å². The third-order valence-electron chi connectivity index (χ3n) is 4.77. The molecule has 0 bridgehead atoms. The number of hydrogen-bond acceptors (Lipinski definition) is 4. The molecule has 0 heterocycles. The molecule has 0 aliphatic rings. The van der Waals surface area contributed by atoms with Crippen LogP contribution < -0.4 is 0 Å². The molecule has 0 unspecified atom stereocenters. The van der Waals surface area contributed by atoms with Gasteiger partial charge in [0.15, 0.2) is 0 Å². The van der Waals surface area contributed by atoms with E-state index in [1.165, 1.54) is 83.5 Å². The van der Waals surface area contributed by atoms with Crippen LogP contribution in [0.25, 0.3) is 0 Å². The molecule has 0 aromatic carbocycles. The normalized spacial score (nSPS) is 11.5. The molecule has 0 saturated carbocycles. The number of aliphatic carboxylic acids is 1. The summed E-state index contributed by atoms with van der Waals surface area (Å²) in [7, 11) is 0. The second-order valence-corrected chi connectivity index (χ2v) is 7.61. The van der Waals surface area contributed by atoms with Gasteiger partial charge in [0.05, 0.1) is 26.4 Å². The van der Waals surface area contributed by atoms with Crippen LogP contribution in [-0.4, -0.2) is 50.7 Å². The van der Waals surface area contributed by atoms with Crippen molar-refractivity contribution in [1.29, 1.82) is 0 Å². The van der Waals surface area contributed by atoms with Crippen molar-refractivity contribution < 1.29 is 24.1 Å². The molecule has 1 N–H and O–H groups in total. The van der Waals surface area contributed by atoms with Gasteiger partial charge in [-0.25, -0.2) is 4.79 Å². The average Bonchev–Trinajstić information content (AvgIpc) is 2.71. The Kier molecular flexibility index (Phi) is 24.3. The van der Waals surface area contributed by atoms with E-state index in [1.54, 1.807) is 0 Å². The van der Waals surface area contributed by atoms with Crippen molar-refractivity contribution in [2.45, 2.75) is 96.8 Å². The van der Waals surface area contributed by atoms with Crippen molar-refractivity contribution in [3.8, 4) is 0 Å². The minimum atomic E-state index is -0.955. The van der Waals surface area contributed by atoms with Gasteiger partial charge in [-0.3, -0.25) is 0 Å². The Bertz CT molecular complexity index is 357. The number of ether oxygens (including phenoxy) is 3.